The number of fused-ring (bicyclic) bond motifs is 1. The Kier molecular flexibility index (Phi) is 3.08. The third-order valence-electron chi connectivity index (χ3n) is 2.86. The average molecular weight is 312 g/mol. The van der Waals surface area contributed by atoms with Crippen LogP contribution in [-0.2, 0) is 6.18 Å². The molecule has 2 aromatic heterocycles. The second kappa shape index (κ2) is 4.83. The minimum Gasteiger partial charge on any atom is -0.380 e. The molecule has 0 unspecified atom stereocenters. The first-order valence-corrected chi connectivity index (χ1v) is 5.95. The molecule has 0 spiro atoms. The molecule has 0 radical (unpaired) electrons. The van der Waals surface area contributed by atoms with E-state index in [1.807, 2.05) is 0 Å². The molecule has 2 heterocycles. The van der Waals surface area contributed by atoms with Crippen LogP contribution < -0.4 is 11.1 Å². The maximum atomic E-state index is 13.9. The lowest BCUT2D eigenvalue weighted by molar-refractivity contribution is -0.139. The van der Waals surface area contributed by atoms with Crippen molar-refractivity contribution in [3.8, 4) is 0 Å². The zero-order valence-corrected chi connectivity index (χ0v) is 10.7. The van der Waals surface area contributed by atoms with Gasteiger partial charge in [0, 0.05) is 0 Å². The summed E-state index contributed by atoms with van der Waals surface area (Å²) in [6.07, 6.45) is -3.57. The standard InChI is InChI=1S/C12H8F4N6/c13-8-5(12(14,15)16)2-1-3-6(8)19-7-4-18-9-10(17)21-22-11(9)20-7/h1-4H,(H4,17,19,20,21,22). The van der Waals surface area contributed by atoms with E-state index in [9.17, 15) is 17.6 Å². The molecule has 0 fully saturated rings. The van der Waals surface area contributed by atoms with Gasteiger partial charge in [0.15, 0.2) is 28.6 Å². The molecule has 0 amide bonds. The Balaban J connectivity index is 1.98. The van der Waals surface area contributed by atoms with E-state index in [2.05, 4.69) is 25.5 Å². The molecule has 0 saturated heterocycles. The number of benzene rings is 1. The molecule has 4 N–H and O–H groups in total. The third kappa shape index (κ3) is 2.38. The number of H-pyrrole nitrogens is 1. The van der Waals surface area contributed by atoms with Crippen LogP contribution in [0.4, 0.5) is 34.9 Å². The Morgan fingerprint density at radius 2 is 2.00 bits per heavy atom. The lowest BCUT2D eigenvalue weighted by Gasteiger charge is -2.12. The van der Waals surface area contributed by atoms with Crippen molar-refractivity contribution in [3.63, 3.8) is 0 Å². The fourth-order valence-electron chi connectivity index (χ4n) is 1.87. The topological polar surface area (TPSA) is 92.5 Å². The lowest BCUT2D eigenvalue weighted by atomic mass is 10.1. The van der Waals surface area contributed by atoms with E-state index in [0.29, 0.717) is 11.6 Å². The van der Waals surface area contributed by atoms with Crippen molar-refractivity contribution in [2.45, 2.75) is 6.18 Å². The number of anilines is 3. The van der Waals surface area contributed by atoms with Gasteiger partial charge in [-0.15, -0.1) is 0 Å². The number of halogens is 4. The molecule has 0 aliphatic rings. The van der Waals surface area contributed by atoms with Gasteiger partial charge >= 0.3 is 6.18 Å². The van der Waals surface area contributed by atoms with Gasteiger partial charge in [0.25, 0.3) is 0 Å². The van der Waals surface area contributed by atoms with Gasteiger partial charge in [0.2, 0.25) is 0 Å². The predicted octanol–water partition coefficient (Wildman–Crippen LogP) is 2.84. The number of alkyl halides is 3. The summed E-state index contributed by atoms with van der Waals surface area (Å²) >= 11 is 0. The molecular weight excluding hydrogens is 304 g/mol. The molecular formula is C12H8F4N6. The van der Waals surface area contributed by atoms with E-state index in [-0.39, 0.29) is 23.0 Å². The molecule has 3 aromatic rings. The number of aromatic amines is 1. The highest BCUT2D eigenvalue weighted by atomic mass is 19.4. The largest absolute Gasteiger partial charge is 0.419 e. The normalized spacial score (nSPS) is 11.8. The van der Waals surface area contributed by atoms with Crippen molar-refractivity contribution >= 4 is 28.5 Å². The number of nitrogen functional groups attached to an aromatic ring is 1. The predicted molar refractivity (Wildman–Crippen MR) is 70.8 cm³/mol. The van der Waals surface area contributed by atoms with E-state index in [0.717, 1.165) is 12.1 Å². The lowest BCUT2D eigenvalue weighted by Crippen LogP contribution is -2.10. The quantitative estimate of drug-likeness (QED) is 0.633. The molecule has 0 aliphatic carbocycles. The first kappa shape index (κ1) is 14.0. The van der Waals surface area contributed by atoms with Gasteiger partial charge in [0.1, 0.15) is 0 Å². The molecule has 114 valence electrons. The van der Waals surface area contributed by atoms with Crippen LogP contribution in [0.3, 0.4) is 0 Å². The van der Waals surface area contributed by atoms with Gasteiger partial charge in [-0.2, -0.15) is 18.3 Å². The highest BCUT2D eigenvalue weighted by molar-refractivity contribution is 5.82. The van der Waals surface area contributed by atoms with Crippen LogP contribution in [0.1, 0.15) is 5.56 Å². The van der Waals surface area contributed by atoms with E-state index >= 15 is 0 Å². The Labute approximate surface area is 120 Å². The van der Waals surface area contributed by atoms with Gasteiger partial charge in [0.05, 0.1) is 17.4 Å². The Morgan fingerprint density at radius 1 is 1.23 bits per heavy atom. The minimum atomic E-state index is -4.78. The SMILES string of the molecule is Nc1n[nH]c2nc(Nc3cccc(C(F)(F)F)c3F)cnc12. The van der Waals surface area contributed by atoms with Crippen LogP contribution in [0.5, 0.6) is 0 Å². The van der Waals surface area contributed by atoms with E-state index in [4.69, 9.17) is 5.73 Å². The van der Waals surface area contributed by atoms with Gasteiger partial charge < -0.3 is 11.1 Å². The van der Waals surface area contributed by atoms with Gasteiger partial charge in [-0.3, -0.25) is 5.10 Å². The first-order chi connectivity index (χ1) is 10.4. The van der Waals surface area contributed by atoms with Gasteiger partial charge in [-0.1, -0.05) is 6.07 Å². The zero-order chi connectivity index (χ0) is 15.9. The van der Waals surface area contributed by atoms with Crippen molar-refractivity contribution in [1.82, 2.24) is 20.2 Å². The van der Waals surface area contributed by atoms with E-state index in [1.54, 1.807) is 0 Å². The number of aromatic nitrogens is 4. The van der Waals surface area contributed by atoms with Gasteiger partial charge in [-0.05, 0) is 12.1 Å². The molecule has 10 heteroatoms. The monoisotopic (exact) mass is 312 g/mol. The average Bonchev–Trinajstić information content (AvgIpc) is 2.81. The molecule has 6 nitrogen and oxygen atoms in total. The fraction of sp³-hybridized carbons (Fsp3) is 0.0833. The highest BCUT2D eigenvalue weighted by Crippen LogP contribution is 2.34. The molecule has 0 aliphatic heterocycles. The molecule has 0 bridgehead atoms. The molecule has 3 rings (SSSR count). The number of nitrogens with one attached hydrogen (secondary N) is 2. The van der Waals surface area contributed by atoms with Crippen molar-refractivity contribution < 1.29 is 17.6 Å². The molecule has 0 saturated carbocycles. The summed E-state index contributed by atoms with van der Waals surface area (Å²) in [5.41, 5.74) is 4.34. The third-order valence-corrected chi connectivity index (χ3v) is 2.86. The van der Waals surface area contributed by atoms with Crippen LogP contribution in [0.2, 0.25) is 0 Å². The zero-order valence-electron chi connectivity index (χ0n) is 10.7. The maximum absolute atomic E-state index is 13.9. The van der Waals surface area contributed by atoms with Crippen LogP contribution in [0, 0.1) is 5.82 Å². The summed E-state index contributed by atoms with van der Waals surface area (Å²) in [6.45, 7) is 0. The van der Waals surface area contributed by atoms with Crippen molar-refractivity contribution in [2.24, 2.45) is 0 Å². The Hall–Kier alpha value is -2.91. The number of hydrogen-bond acceptors (Lipinski definition) is 5. The summed E-state index contributed by atoms with van der Waals surface area (Å²) in [7, 11) is 0. The second-order valence-corrected chi connectivity index (χ2v) is 4.35. The Bertz CT molecular complexity index is 841. The molecule has 0 atom stereocenters. The number of nitrogens with two attached hydrogens (primary N) is 1. The van der Waals surface area contributed by atoms with E-state index in [1.165, 1.54) is 6.20 Å². The molecule has 1 aromatic carbocycles. The first-order valence-electron chi connectivity index (χ1n) is 5.95. The van der Waals surface area contributed by atoms with Crippen molar-refractivity contribution in [1.29, 1.82) is 0 Å². The minimum absolute atomic E-state index is 0.0503. The molecule has 22 heavy (non-hydrogen) atoms. The van der Waals surface area contributed by atoms with Crippen LogP contribution >= 0.6 is 0 Å². The van der Waals surface area contributed by atoms with E-state index < -0.39 is 17.6 Å². The Morgan fingerprint density at radius 3 is 2.73 bits per heavy atom. The maximum Gasteiger partial charge on any atom is 0.419 e. The number of nitrogens with zero attached hydrogens (tertiary/aromatic N) is 3. The van der Waals surface area contributed by atoms with Crippen molar-refractivity contribution in [3.05, 3.63) is 35.8 Å². The second-order valence-electron chi connectivity index (χ2n) is 4.35. The number of rotatable bonds is 2. The fourth-order valence-corrected chi connectivity index (χ4v) is 1.87. The highest BCUT2D eigenvalue weighted by Gasteiger charge is 2.34. The summed E-state index contributed by atoms with van der Waals surface area (Å²) in [5.74, 6) is -1.23. The van der Waals surface area contributed by atoms with Crippen molar-refractivity contribution in [2.75, 3.05) is 11.1 Å². The number of hydrogen-bond donors (Lipinski definition) is 3. The van der Waals surface area contributed by atoms with Crippen LogP contribution in [0.25, 0.3) is 11.2 Å². The smallest absolute Gasteiger partial charge is 0.380 e. The van der Waals surface area contributed by atoms with Gasteiger partial charge in [-0.25, -0.2) is 14.4 Å². The summed E-state index contributed by atoms with van der Waals surface area (Å²) < 4.78 is 51.9. The summed E-state index contributed by atoms with van der Waals surface area (Å²) in [4.78, 5) is 7.95. The van der Waals surface area contributed by atoms with Crippen LogP contribution in [0.15, 0.2) is 24.4 Å². The van der Waals surface area contributed by atoms with Crippen LogP contribution in [-0.4, -0.2) is 20.2 Å². The summed E-state index contributed by atoms with van der Waals surface area (Å²) in [5, 5.41) is 8.64. The summed E-state index contributed by atoms with van der Waals surface area (Å²) in [6, 6.07) is 2.91.